The van der Waals surface area contributed by atoms with E-state index in [0.29, 0.717) is 18.9 Å². The van der Waals surface area contributed by atoms with E-state index in [0.717, 1.165) is 0 Å². The van der Waals surface area contributed by atoms with Gasteiger partial charge in [0, 0.05) is 26.0 Å². The topological polar surface area (TPSA) is 64.4 Å². The number of rotatable bonds is 2. The second kappa shape index (κ2) is 3.42. The number of carboxylic acid groups (broad SMARTS) is 1. The van der Waals surface area contributed by atoms with Gasteiger partial charge in [0.25, 0.3) is 0 Å². The molecule has 1 fully saturated rings. The van der Waals surface area contributed by atoms with Crippen molar-refractivity contribution in [3.05, 3.63) is 18.2 Å². The standard InChI is InChI=1S/C9H12N2O3/c1-11-4-3-10-8(11)7-6(9(12)13)2-5-14-7/h3-4,6-7H,2,5H2,1H3,(H,12,13)/t6-,7+/m0/s1. The van der Waals surface area contributed by atoms with Gasteiger partial charge in [-0.15, -0.1) is 0 Å². The molecule has 1 aromatic heterocycles. The summed E-state index contributed by atoms with van der Waals surface area (Å²) in [6, 6.07) is 0. The van der Waals surface area contributed by atoms with Crippen LogP contribution in [0.2, 0.25) is 0 Å². The van der Waals surface area contributed by atoms with Crippen molar-refractivity contribution in [2.24, 2.45) is 13.0 Å². The fraction of sp³-hybridized carbons (Fsp3) is 0.556. The highest BCUT2D eigenvalue weighted by Crippen LogP contribution is 2.33. The lowest BCUT2D eigenvalue weighted by Crippen LogP contribution is -2.20. The van der Waals surface area contributed by atoms with Crippen LogP contribution < -0.4 is 0 Å². The molecule has 0 radical (unpaired) electrons. The molecule has 5 nitrogen and oxygen atoms in total. The Morgan fingerprint density at radius 1 is 1.79 bits per heavy atom. The van der Waals surface area contributed by atoms with Crippen LogP contribution in [0.25, 0.3) is 0 Å². The molecular formula is C9H12N2O3. The molecule has 2 atom stereocenters. The summed E-state index contributed by atoms with van der Waals surface area (Å²) in [5, 5.41) is 8.96. The fourth-order valence-electron chi connectivity index (χ4n) is 1.75. The zero-order valence-electron chi connectivity index (χ0n) is 7.88. The molecule has 76 valence electrons. The Kier molecular flexibility index (Phi) is 2.25. The molecule has 0 amide bonds. The number of aliphatic carboxylic acids is 1. The second-order valence-electron chi connectivity index (χ2n) is 3.42. The van der Waals surface area contributed by atoms with Crippen molar-refractivity contribution in [1.82, 2.24) is 9.55 Å². The highest BCUT2D eigenvalue weighted by atomic mass is 16.5. The summed E-state index contributed by atoms with van der Waals surface area (Å²) in [7, 11) is 1.84. The van der Waals surface area contributed by atoms with E-state index in [1.807, 2.05) is 7.05 Å². The molecule has 1 aliphatic rings. The third-order valence-corrected chi connectivity index (χ3v) is 2.52. The van der Waals surface area contributed by atoms with Crippen LogP contribution in [0.3, 0.4) is 0 Å². The van der Waals surface area contributed by atoms with Crippen molar-refractivity contribution in [2.45, 2.75) is 12.5 Å². The first kappa shape index (κ1) is 9.21. The average molecular weight is 196 g/mol. The number of aryl methyl sites for hydroxylation is 1. The van der Waals surface area contributed by atoms with Crippen molar-refractivity contribution in [2.75, 3.05) is 6.61 Å². The Hall–Kier alpha value is -1.36. The van der Waals surface area contributed by atoms with Gasteiger partial charge in [-0.25, -0.2) is 4.98 Å². The highest BCUT2D eigenvalue weighted by Gasteiger charge is 2.37. The smallest absolute Gasteiger partial charge is 0.309 e. The SMILES string of the molecule is Cn1ccnc1[C@@H]1OCC[C@@H]1C(=O)O. The van der Waals surface area contributed by atoms with Crippen LogP contribution in [0.5, 0.6) is 0 Å². The van der Waals surface area contributed by atoms with Gasteiger partial charge in [0.15, 0.2) is 0 Å². The Morgan fingerprint density at radius 2 is 2.57 bits per heavy atom. The summed E-state index contributed by atoms with van der Waals surface area (Å²) >= 11 is 0. The molecule has 1 N–H and O–H groups in total. The minimum Gasteiger partial charge on any atom is -0.481 e. The summed E-state index contributed by atoms with van der Waals surface area (Å²) in [5.74, 6) is -0.582. The number of carboxylic acids is 1. The number of carbonyl (C=O) groups is 1. The first-order valence-corrected chi connectivity index (χ1v) is 4.52. The molecule has 0 unspecified atom stereocenters. The molecular weight excluding hydrogens is 184 g/mol. The lowest BCUT2D eigenvalue weighted by Gasteiger charge is -2.14. The molecule has 0 saturated carbocycles. The quantitative estimate of drug-likeness (QED) is 0.751. The molecule has 0 bridgehead atoms. The van der Waals surface area contributed by atoms with Crippen molar-refractivity contribution < 1.29 is 14.6 Å². The fourth-order valence-corrected chi connectivity index (χ4v) is 1.75. The van der Waals surface area contributed by atoms with E-state index in [-0.39, 0.29) is 0 Å². The van der Waals surface area contributed by atoms with Gasteiger partial charge in [0.05, 0.1) is 5.92 Å². The molecule has 0 spiro atoms. The number of hydrogen-bond acceptors (Lipinski definition) is 3. The van der Waals surface area contributed by atoms with Gasteiger partial charge in [-0.2, -0.15) is 0 Å². The molecule has 5 heteroatoms. The Labute approximate surface area is 81.3 Å². The lowest BCUT2D eigenvalue weighted by molar-refractivity contribution is -0.143. The average Bonchev–Trinajstić information content (AvgIpc) is 2.70. The van der Waals surface area contributed by atoms with E-state index in [1.165, 1.54) is 0 Å². The summed E-state index contributed by atoms with van der Waals surface area (Å²) in [4.78, 5) is 15.0. The maximum atomic E-state index is 10.9. The van der Waals surface area contributed by atoms with E-state index in [2.05, 4.69) is 4.98 Å². The molecule has 1 aliphatic heterocycles. The molecule has 2 rings (SSSR count). The predicted octanol–water partition coefficient (Wildman–Crippen LogP) is 0.582. The zero-order valence-corrected chi connectivity index (χ0v) is 7.88. The van der Waals surface area contributed by atoms with Crippen LogP contribution in [-0.4, -0.2) is 27.2 Å². The van der Waals surface area contributed by atoms with Gasteiger partial charge in [-0.3, -0.25) is 4.79 Å². The van der Waals surface area contributed by atoms with E-state index in [9.17, 15) is 4.79 Å². The largest absolute Gasteiger partial charge is 0.481 e. The van der Waals surface area contributed by atoms with Crippen LogP contribution in [0.1, 0.15) is 18.3 Å². The summed E-state index contributed by atoms with van der Waals surface area (Å²) < 4.78 is 7.19. The molecule has 1 saturated heterocycles. The third-order valence-electron chi connectivity index (χ3n) is 2.52. The van der Waals surface area contributed by atoms with E-state index in [4.69, 9.17) is 9.84 Å². The van der Waals surface area contributed by atoms with Gasteiger partial charge in [-0.1, -0.05) is 0 Å². The molecule has 0 aromatic carbocycles. The van der Waals surface area contributed by atoms with Crippen LogP contribution >= 0.6 is 0 Å². The third kappa shape index (κ3) is 1.39. The number of imidazole rings is 1. The minimum atomic E-state index is -0.810. The summed E-state index contributed by atoms with van der Waals surface area (Å²) in [6.45, 7) is 0.495. The predicted molar refractivity (Wildman–Crippen MR) is 47.6 cm³/mol. The summed E-state index contributed by atoms with van der Waals surface area (Å²) in [6.07, 6.45) is 3.60. The minimum absolute atomic E-state index is 0.396. The van der Waals surface area contributed by atoms with Crippen molar-refractivity contribution >= 4 is 5.97 Å². The Balaban J connectivity index is 2.26. The molecule has 0 aliphatic carbocycles. The van der Waals surface area contributed by atoms with Crippen LogP contribution in [0, 0.1) is 5.92 Å². The van der Waals surface area contributed by atoms with Gasteiger partial charge in [0.1, 0.15) is 11.9 Å². The van der Waals surface area contributed by atoms with Crippen LogP contribution in [-0.2, 0) is 16.6 Å². The van der Waals surface area contributed by atoms with Crippen LogP contribution in [0.4, 0.5) is 0 Å². The van der Waals surface area contributed by atoms with E-state index < -0.39 is 18.0 Å². The molecule has 14 heavy (non-hydrogen) atoms. The normalized spacial score (nSPS) is 26.6. The van der Waals surface area contributed by atoms with E-state index >= 15 is 0 Å². The second-order valence-corrected chi connectivity index (χ2v) is 3.42. The number of ether oxygens (including phenoxy) is 1. The first-order chi connectivity index (χ1) is 6.70. The molecule has 2 heterocycles. The van der Waals surface area contributed by atoms with E-state index in [1.54, 1.807) is 17.0 Å². The maximum absolute atomic E-state index is 10.9. The van der Waals surface area contributed by atoms with Crippen molar-refractivity contribution in [3.8, 4) is 0 Å². The number of nitrogens with zero attached hydrogens (tertiary/aromatic N) is 2. The van der Waals surface area contributed by atoms with Crippen molar-refractivity contribution in [3.63, 3.8) is 0 Å². The maximum Gasteiger partial charge on any atom is 0.309 e. The monoisotopic (exact) mass is 196 g/mol. The Morgan fingerprint density at radius 3 is 3.14 bits per heavy atom. The van der Waals surface area contributed by atoms with Gasteiger partial charge in [0.2, 0.25) is 0 Å². The van der Waals surface area contributed by atoms with Crippen LogP contribution in [0.15, 0.2) is 12.4 Å². The number of aromatic nitrogens is 2. The summed E-state index contributed by atoms with van der Waals surface area (Å²) in [5.41, 5.74) is 0. The molecule has 1 aromatic rings. The number of hydrogen-bond donors (Lipinski definition) is 1. The van der Waals surface area contributed by atoms with Crippen molar-refractivity contribution in [1.29, 1.82) is 0 Å². The highest BCUT2D eigenvalue weighted by molar-refractivity contribution is 5.71. The van der Waals surface area contributed by atoms with Gasteiger partial charge in [-0.05, 0) is 6.42 Å². The first-order valence-electron chi connectivity index (χ1n) is 4.52. The van der Waals surface area contributed by atoms with Gasteiger partial charge >= 0.3 is 5.97 Å². The zero-order chi connectivity index (χ0) is 10.1. The lowest BCUT2D eigenvalue weighted by atomic mass is 10.0. The Bertz CT molecular complexity index is 348. The van der Waals surface area contributed by atoms with Gasteiger partial charge < -0.3 is 14.4 Å².